The fourth-order valence-corrected chi connectivity index (χ4v) is 4.22. The molecule has 0 bridgehead atoms. The zero-order chi connectivity index (χ0) is 22.3. The van der Waals surface area contributed by atoms with Crippen molar-refractivity contribution < 1.29 is 14.4 Å². The Morgan fingerprint density at radius 3 is 1.88 bits per heavy atom. The van der Waals surface area contributed by atoms with Crippen molar-refractivity contribution in [3.05, 3.63) is 54.1 Å². The van der Waals surface area contributed by atoms with E-state index in [9.17, 15) is 14.4 Å². The Kier molecular flexibility index (Phi) is 5.24. The molecule has 5 rings (SSSR count). The van der Waals surface area contributed by atoms with Crippen LogP contribution in [0.3, 0.4) is 0 Å². The van der Waals surface area contributed by atoms with E-state index in [1.54, 1.807) is 0 Å². The molecule has 32 heavy (non-hydrogen) atoms. The summed E-state index contributed by atoms with van der Waals surface area (Å²) in [5.41, 5.74) is 3.38. The van der Waals surface area contributed by atoms with E-state index >= 15 is 0 Å². The lowest BCUT2D eigenvalue weighted by Crippen LogP contribution is -2.52. The van der Waals surface area contributed by atoms with Crippen LogP contribution in [-0.2, 0) is 9.59 Å². The van der Waals surface area contributed by atoms with Crippen LogP contribution in [0, 0.1) is 11.3 Å². The molecular formula is C26H29N3O3. The van der Waals surface area contributed by atoms with E-state index < -0.39 is 0 Å². The molecule has 1 aliphatic heterocycles. The molecule has 0 radical (unpaired) electrons. The van der Waals surface area contributed by atoms with Crippen LogP contribution < -0.4 is 5.32 Å². The van der Waals surface area contributed by atoms with Crippen LogP contribution >= 0.6 is 0 Å². The van der Waals surface area contributed by atoms with E-state index in [0.717, 1.165) is 42.5 Å². The maximum atomic E-state index is 12.9. The third-order valence-electron chi connectivity index (χ3n) is 6.94. The quantitative estimate of drug-likeness (QED) is 0.783. The summed E-state index contributed by atoms with van der Waals surface area (Å²) in [5.74, 6) is 0.545. The highest BCUT2D eigenvalue weighted by molar-refractivity contribution is 5.95. The van der Waals surface area contributed by atoms with Gasteiger partial charge in [0, 0.05) is 48.8 Å². The second kappa shape index (κ2) is 8.08. The highest BCUT2D eigenvalue weighted by Gasteiger charge is 2.47. The molecule has 3 fully saturated rings. The van der Waals surface area contributed by atoms with Crippen LogP contribution in [-0.4, -0.2) is 53.7 Å². The monoisotopic (exact) mass is 431 g/mol. The number of benzene rings is 2. The Morgan fingerprint density at radius 1 is 0.812 bits per heavy atom. The lowest BCUT2D eigenvalue weighted by atomic mass is 10.0. The topological polar surface area (TPSA) is 69.7 Å². The van der Waals surface area contributed by atoms with Crippen molar-refractivity contribution in [3.8, 4) is 11.1 Å². The molecule has 166 valence electrons. The van der Waals surface area contributed by atoms with Crippen molar-refractivity contribution >= 4 is 23.4 Å². The Labute approximate surface area is 188 Å². The number of rotatable bonds is 5. The Morgan fingerprint density at radius 2 is 1.34 bits per heavy atom. The fourth-order valence-electron chi connectivity index (χ4n) is 4.22. The van der Waals surface area contributed by atoms with E-state index in [-0.39, 0.29) is 29.1 Å². The van der Waals surface area contributed by atoms with E-state index in [0.29, 0.717) is 31.7 Å². The number of anilines is 1. The first-order valence-electron chi connectivity index (χ1n) is 11.5. The predicted octanol–water partition coefficient (Wildman–Crippen LogP) is 3.79. The van der Waals surface area contributed by atoms with Crippen LogP contribution in [0.15, 0.2) is 48.5 Å². The fraction of sp³-hybridized carbons (Fsp3) is 0.423. The number of carbonyl (C=O) groups is 3. The normalized spacial score (nSPS) is 19.4. The molecule has 0 aromatic heterocycles. The molecule has 0 unspecified atom stereocenters. The number of nitrogens with one attached hydrogen (secondary N) is 1. The van der Waals surface area contributed by atoms with Gasteiger partial charge in [0.15, 0.2) is 0 Å². The minimum Gasteiger partial charge on any atom is -0.339 e. The molecule has 3 amide bonds. The Bertz CT molecular complexity index is 1030. The summed E-state index contributed by atoms with van der Waals surface area (Å²) >= 11 is 0. The molecule has 6 nitrogen and oxygen atoms in total. The molecule has 2 aromatic carbocycles. The second-order valence-corrected chi connectivity index (χ2v) is 9.56. The maximum absolute atomic E-state index is 12.9. The molecule has 1 saturated heterocycles. The molecule has 6 heteroatoms. The highest BCUT2D eigenvalue weighted by atomic mass is 16.2. The number of hydrogen-bond donors (Lipinski definition) is 1. The van der Waals surface area contributed by atoms with Gasteiger partial charge in [0.1, 0.15) is 0 Å². The van der Waals surface area contributed by atoms with Gasteiger partial charge in [-0.05, 0) is 61.1 Å². The Balaban J connectivity index is 1.18. The van der Waals surface area contributed by atoms with Crippen LogP contribution in [0.25, 0.3) is 11.1 Å². The van der Waals surface area contributed by atoms with Gasteiger partial charge >= 0.3 is 0 Å². The predicted molar refractivity (Wildman–Crippen MR) is 123 cm³/mol. The summed E-state index contributed by atoms with van der Waals surface area (Å²) in [6.07, 6.45) is 3.94. The summed E-state index contributed by atoms with van der Waals surface area (Å²) in [5, 5.41) is 2.95. The third-order valence-corrected chi connectivity index (χ3v) is 6.94. The van der Waals surface area contributed by atoms with Gasteiger partial charge in [-0.15, -0.1) is 0 Å². The summed E-state index contributed by atoms with van der Waals surface area (Å²) in [6.45, 7) is 4.42. The van der Waals surface area contributed by atoms with E-state index in [1.807, 2.05) is 65.3 Å². The van der Waals surface area contributed by atoms with Crippen LogP contribution in [0.5, 0.6) is 0 Å². The molecule has 3 aliphatic rings. The largest absolute Gasteiger partial charge is 0.339 e. The van der Waals surface area contributed by atoms with E-state index in [4.69, 9.17) is 0 Å². The van der Waals surface area contributed by atoms with Crippen LogP contribution in [0.1, 0.15) is 43.0 Å². The third kappa shape index (κ3) is 4.27. The molecule has 1 N–H and O–H groups in total. The zero-order valence-electron chi connectivity index (χ0n) is 18.5. The van der Waals surface area contributed by atoms with E-state index in [2.05, 4.69) is 5.32 Å². The minimum absolute atomic E-state index is 0.0134. The lowest BCUT2D eigenvalue weighted by molar-refractivity contribution is -0.137. The van der Waals surface area contributed by atoms with Crippen LogP contribution in [0.2, 0.25) is 0 Å². The summed E-state index contributed by atoms with van der Waals surface area (Å²) in [4.78, 5) is 41.1. The van der Waals surface area contributed by atoms with Gasteiger partial charge in [-0.2, -0.15) is 0 Å². The zero-order valence-corrected chi connectivity index (χ0v) is 18.5. The lowest BCUT2D eigenvalue weighted by Gasteiger charge is -2.36. The first-order chi connectivity index (χ1) is 15.4. The Hall–Kier alpha value is -3.15. The van der Waals surface area contributed by atoms with Crippen molar-refractivity contribution in [1.29, 1.82) is 0 Å². The number of amides is 3. The van der Waals surface area contributed by atoms with Gasteiger partial charge < -0.3 is 15.1 Å². The molecule has 2 saturated carbocycles. The summed E-state index contributed by atoms with van der Waals surface area (Å²) in [7, 11) is 0. The maximum Gasteiger partial charge on any atom is 0.253 e. The van der Waals surface area contributed by atoms with Crippen molar-refractivity contribution in [2.45, 2.75) is 32.6 Å². The highest BCUT2D eigenvalue weighted by Crippen LogP contribution is 2.46. The number of carbonyl (C=O) groups excluding carboxylic acids is 3. The summed E-state index contributed by atoms with van der Waals surface area (Å²) in [6, 6.07) is 15.4. The molecule has 1 heterocycles. The second-order valence-electron chi connectivity index (χ2n) is 9.56. The first kappa shape index (κ1) is 20.7. The molecule has 2 aromatic rings. The number of piperazine rings is 1. The van der Waals surface area contributed by atoms with Gasteiger partial charge in [0.2, 0.25) is 11.8 Å². The minimum atomic E-state index is -0.150. The average molecular weight is 432 g/mol. The van der Waals surface area contributed by atoms with Crippen molar-refractivity contribution in [2.24, 2.45) is 11.3 Å². The summed E-state index contributed by atoms with van der Waals surface area (Å²) < 4.78 is 0. The molecule has 0 spiro atoms. The van der Waals surface area contributed by atoms with Gasteiger partial charge in [0.25, 0.3) is 5.91 Å². The molecule has 2 aliphatic carbocycles. The van der Waals surface area contributed by atoms with Gasteiger partial charge in [-0.25, -0.2) is 0 Å². The van der Waals surface area contributed by atoms with Gasteiger partial charge in [0.05, 0.1) is 0 Å². The SMILES string of the molecule is CC1(C(=O)N2CCN(C(=O)c3ccc(-c4ccc(NC(=O)C5CC5)cc4)cc3)CC2)CC1. The van der Waals surface area contributed by atoms with Gasteiger partial charge in [-0.3, -0.25) is 14.4 Å². The smallest absolute Gasteiger partial charge is 0.253 e. The van der Waals surface area contributed by atoms with Gasteiger partial charge in [-0.1, -0.05) is 31.2 Å². The van der Waals surface area contributed by atoms with Crippen molar-refractivity contribution in [1.82, 2.24) is 9.80 Å². The van der Waals surface area contributed by atoms with Crippen LogP contribution in [0.4, 0.5) is 5.69 Å². The molecular weight excluding hydrogens is 402 g/mol. The number of hydrogen-bond acceptors (Lipinski definition) is 3. The standard InChI is InChI=1S/C26H29N3O3/c1-26(12-13-26)25(32)29-16-14-28(15-17-29)24(31)21-6-2-18(3-7-21)19-8-10-22(11-9-19)27-23(30)20-4-5-20/h2-3,6-11,20H,4-5,12-17H2,1H3,(H,27,30). The van der Waals surface area contributed by atoms with Crippen molar-refractivity contribution in [3.63, 3.8) is 0 Å². The first-order valence-corrected chi connectivity index (χ1v) is 11.5. The average Bonchev–Trinajstić information content (AvgIpc) is 3.76. The van der Waals surface area contributed by atoms with Crippen molar-refractivity contribution in [2.75, 3.05) is 31.5 Å². The molecule has 0 atom stereocenters. The van der Waals surface area contributed by atoms with E-state index in [1.165, 1.54) is 0 Å². The number of nitrogens with zero attached hydrogens (tertiary/aromatic N) is 2.